The summed E-state index contributed by atoms with van der Waals surface area (Å²) < 4.78 is 3.17. The van der Waals surface area contributed by atoms with E-state index >= 15 is 0 Å². The second-order valence-electron chi connectivity index (χ2n) is 6.63. The molecule has 6 nitrogen and oxygen atoms in total. The number of hydrogen-bond acceptors (Lipinski definition) is 5. The standard InChI is InChI=1S/C21H22BrN5OS/c1-13-9-14(2)25-21(24-13)29-12-20(28)26-23-11-17-10-15(3)27(16(17)4)19-8-6-5-7-18(19)22/h5-11H,12H2,1-4H3,(H,26,28)/b23-11-. The molecule has 1 N–H and O–H groups in total. The second kappa shape index (κ2) is 9.37. The molecule has 150 valence electrons. The van der Waals surface area contributed by atoms with Gasteiger partial charge >= 0.3 is 0 Å². The molecule has 0 saturated carbocycles. The Labute approximate surface area is 183 Å². The highest BCUT2D eigenvalue weighted by molar-refractivity contribution is 9.10. The molecule has 0 unspecified atom stereocenters. The summed E-state index contributed by atoms with van der Waals surface area (Å²) in [5.74, 6) is 0.00423. The van der Waals surface area contributed by atoms with Crippen LogP contribution in [0.15, 0.2) is 51.1 Å². The van der Waals surface area contributed by atoms with Crippen molar-refractivity contribution in [1.82, 2.24) is 20.0 Å². The van der Waals surface area contributed by atoms with Gasteiger partial charge in [-0.3, -0.25) is 4.79 Å². The Bertz CT molecular complexity index is 1060. The van der Waals surface area contributed by atoms with Crippen molar-refractivity contribution in [2.75, 3.05) is 5.75 Å². The lowest BCUT2D eigenvalue weighted by Gasteiger charge is -2.11. The molecule has 29 heavy (non-hydrogen) atoms. The SMILES string of the molecule is Cc1cc(C)nc(SCC(=O)N/N=C\c2cc(C)n(-c3ccccc3Br)c2C)n1. The first-order valence-corrected chi connectivity index (χ1v) is 10.8. The van der Waals surface area contributed by atoms with Crippen molar-refractivity contribution < 1.29 is 4.79 Å². The van der Waals surface area contributed by atoms with E-state index in [1.807, 2.05) is 58.0 Å². The summed E-state index contributed by atoms with van der Waals surface area (Å²) in [5, 5.41) is 4.71. The van der Waals surface area contributed by atoms with E-state index in [0.717, 1.165) is 38.5 Å². The molecule has 2 aromatic heterocycles. The van der Waals surface area contributed by atoms with Crippen LogP contribution < -0.4 is 5.43 Å². The predicted octanol–water partition coefficient (Wildman–Crippen LogP) is 4.51. The number of nitrogens with one attached hydrogen (secondary N) is 1. The molecule has 0 spiro atoms. The fourth-order valence-corrected chi connectivity index (χ4v) is 4.22. The number of benzene rings is 1. The van der Waals surface area contributed by atoms with Crippen molar-refractivity contribution in [1.29, 1.82) is 0 Å². The fraction of sp³-hybridized carbons (Fsp3) is 0.238. The van der Waals surface area contributed by atoms with Gasteiger partial charge in [0.1, 0.15) is 0 Å². The van der Waals surface area contributed by atoms with Gasteiger partial charge in [0.05, 0.1) is 17.7 Å². The summed E-state index contributed by atoms with van der Waals surface area (Å²) in [4.78, 5) is 20.7. The molecule has 1 amide bonds. The minimum atomic E-state index is -0.200. The number of hydrazone groups is 1. The van der Waals surface area contributed by atoms with Crippen molar-refractivity contribution in [3.63, 3.8) is 0 Å². The minimum Gasteiger partial charge on any atom is -0.317 e. The maximum atomic E-state index is 12.1. The van der Waals surface area contributed by atoms with Crippen LogP contribution in [0.3, 0.4) is 0 Å². The molecule has 0 fully saturated rings. The molecule has 0 atom stereocenters. The zero-order chi connectivity index (χ0) is 21.0. The van der Waals surface area contributed by atoms with Gasteiger partial charge in [0, 0.05) is 32.8 Å². The van der Waals surface area contributed by atoms with Gasteiger partial charge in [-0.25, -0.2) is 15.4 Å². The highest BCUT2D eigenvalue weighted by atomic mass is 79.9. The van der Waals surface area contributed by atoms with Crippen molar-refractivity contribution in [2.45, 2.75) is 32.9 Å². The number of thioether (sulfide) groups is 1. The van der Waals surface area contributed by atoms with Crippen LogP contribution in [0, 0.1) is 27.7 Å². The molecule has 0 bridgehead atoms. The van der Waals surface area contributed by atoms with E-state index < -0.39 is 0 Å². The average molecular weight is 472 g/mol. The molecular weight excluding hydrogens is 450 g/mol. The first-order chi connectivity index (χ1) is 13.8. The zero-order valence-corrected chi connectivity index (χ0v) is 19.1. The lowest BCUT2D eigenvalue weighted by molar-refractivity contribution is -0.118. The quantitative estimate of drug-likeness (QED) is 0.248. The molecule has 2 heterocycles. The van der Waals surface area contributed by atoms with E-state index in [4.69, 9.17) is 0 Å². The number of amides is 1. The van der Waals surface area contributed by atoms with Gasteiger partial charge in [-0.2, -0.15) is 5.10 Å². The van der Waals surface area contributed by atoms with Crippen LogP contribution in [0.4, 0.5) is 0 Å². The summed E-state index contributed by atoms with van der Waals surface area (Å²) in [7, 11) is 0. The number of nitrogens with zero attached hydrogens (tertiary/aromatic N) is 4. The number of carbonyl (C=O) groups is 1. The fourth-order valence-electron chi connectivity index (χ4n) is 3.02. The van der Waals surface area contributed by atoms with Crippen LogP contribution in [0.1, 0.15) is 28.3 Å². The summed E-state index contributed by atoms with van der Waals surface area (Å²) >= 11 is 4.90. The number of para-hydroxylation sites is 1. The van der Waals surface area contributed by atoms with Gasteiger partial charge < -0.3 is 4.57 Å². The zero-order valence-electron chi connectivity index (χ0n) is 16.7. The Morgan fingerprint density at radius 1 is 1.17 bits per heavy atom. The third-order valence-corrected chi connectivity index (χ3v) is 5.77. The maximum Gasteiger partial charge on any atom is 0.250 e. The third kappa shape index (κ3) is 5.33. The summed E-state index contributed by atoms with van der Waals surface area (Å²) in [6.45, 7) is 7.90. The third-order valence-electron chi connectivity index (χ3n) is 4.25. The van der Waals surface area contributed by atoms with E-state index in [-0.39, 0.29) is 11.7 Å². The molecule has 3 rings (SSSR count). The topological polar surface area (TPSA) is 72.2 Å². The Morgan fingerprint density at radius 3 is 2.55 bits per heavy atom. The van der Waals surface area contributed by atoms with E-state index in [9.17, 15) is 4.79 Å². The lowest BCUT2D eigenvalue weighted by Crippen LogP contribution is -2.19. The first kappa shape index (κ1) is 21.3. The van der Waals surface area contributed by atoms with Crippen LogP contribution >= 0.6 is 27.7 Å². The average Bonchev–Trinajstić information content (AvgIpc) is 2.93. The van der Waals surface area contributed by atoms with Gasteiger partial charge in [-0.05, 0) is 67.9 Å². The van der Waals surface area contributed by atoms with Crippen molar-refractivity contribution in [3.05, 3.63) is 69.2 Å². The Kier molecular flexibility index (Phi) is 6.87. The highest BCUT2D eigenvalue weighted by Gasteiger charge is 2.11. The van der Waals surface area contributed by atoms with E-state index in [0.29, 0.717) is 5.16 Å². The predicted molar refractivity (Wildman–Crippen MR) is 121 cm³/mol. The Balaban J connectivity index is 1.64. The number of aryl methyl sites for hydroxylation is 3. The highest BCUT2D eigenvalue weighted by Crippen LogP contribution is 2.26. The normalized spacial score (nSPS) is 11.2. The van der Waals surface area contributed by atoms with Gasteiger partial charge in [-0.15, -0.1) is 0 Å². The van der Waals surface area contributed by atoms with E-state index in [1.54, 1.807) is 6.21 Å². The molecule has 0 aliphatic heterocycles. The maximum absolute atomic E-state index is 12.1. The summed E-state index contributed by atoms with van der Waals surface area (Å²) in [6.07, 6.45) is 1.67. The molecule has 0 aliphatic rings. The minimum absolute atomic E-state index is 0.200. The smallest absolute Gasteiger partial charge is 0.250 e. The van der Waals surface area contributed by atoms with Crippen LogP contribution in [-0.4, -0.2) is 32.4 Å². The van der Waals surface area contributed by atoms with E-state index in [1.165, 1.54) is 11.8 Å². The largest absolute Gasteiger partial charge is 0.317 e. The molecule has 8 heteroatoms. The Morgan fingerprint density at radius 2 is 1.86 bits per heavy atom. The molecule has 3 aromatic rings. The number of aromatic nitrogens is 3. The van der Waals surface area contributed by atoms with Crippen LogP contribution in [0.2, 0.25) is 0 Å². The molecular formula is C21H22BrN5OS. The van der Waals surface area contributed by atoms with Gasteiger partial charge in [-0.1, -0.05) is 23.9 Å². The first-order valence-electron chi connectivity index (χ1n) is 9.06. The Hall–Kier alpha value is -2.45. The molecule has 0 saturated heterocycles. The molecule has 1 aromatic carbocycles. The summed E-state index contributed by atoms with van der Waals surface area (Å²) in [6, 6.07) is 12.0. The summed E-state index contributed by atoms with van der Waals surface area (Å²) in [5.41, 5.74) is 8.50. The molecule has 0 radical (unpaired) electrons. The second-order valence-corrected chi connectivity index (χ2v) is 8.43. The lowest BCUT2D eigenvalue weighted by atomic mass is 10.2. The van der Waals surface area contributed by atoms with Crippen molar-refractivity contribution in [2.24, 2.45) is 5.10 Å². The number of carbonyl (C=O) groups excluding carboxylic acids is 1. The van der Waals surface area contributed by atoms with Gasteiger partial charge in [0.2, 0.25) is 0 Å². The monoisotopic (exact) mass is 471 g/mol. The number of halogens is 1. The van der Waals surface area contributed by atoms with Crippen LogP contribution in [-0.2, 0) is 4.79 Å². The number of hydrogen-bond donors (Lipinski definition) is 1. The number of rotatable bonds is 6. The van der Waals surface area contributed by atoms with Crippen molar-refractivity contribution in [3.8, 4) is 5.69 Å². The molecule has 0 aliphatic carbocycles. The van der Waals surface area contributed by atoms with Crippen molar-refractivity contribution >= 4 is 39.8 Å². The van der Waals surface area contributed by atoms with Crippen LogP contribution in [0.5, 0.6) is 0 Å². The van der Waals surface area contributed by atoms with Gasteiger partial charge in [0.15, 0.2) is 5.16 Å². The van der Waals surface area contributed by atoms with E-state index in [2.05, 4.69) is 47.1 Å². The van der Waals surface area contributed by atoms with Gasteiger partial charge in [0.25, 0.3) is 5.91 Å². The van der Waals surface area contributed by atoms with Crippen LogP contribution in [0.25, 0.3) is 5.69 Å².